The second-order valence-electron chi connectivity index (χ2n) is 5.45. The zero-order valence-electron chi connectivity index (χ0n) is 12.5. The number of hydrogen-bond acceptors (Lipinski definition) is 3. The van der Waals surface area contributed by atoms with Crippen LogP contribution in [0.2, 0.25) is 0 Å². The molecule has 1 aliphatic rings. The first-order valence-electron chi connectivity index (χ1n) is 7.35. The Kier molecular flexibility index (Phi) is 5.97. The van der Waals surface area contributed by atoms with Crippen LogP contribution in [0.4, 0.5) is 0 Å². The Labute approximate surface area is 138 Å². The molecule has 1 aromatic carbocycles. The van der Waals surface area contributed by atoms with Crippen molar-refractivity contribution >= 4 is 27.8 Å². The van der Waals surface area contributed by atoms with E-state index in [1.165, 1.54) is 0 Å². The molecule has 0 aromatic heterocycles. The molecule has 5 nitrogen and oxygen atoms in total. The molecule has 1 amide bonds. The van der Waals surface area contributed by atoms with Gasteiger partial charge in [-0.25, -0.2) is 0 Å². The number of rotatable bonds is 5. The van der Waals surface area contributed by atoms with Gasteiger partial charge in [-0.3, -0.25) is 9.59 Å². The maximum absolute atomic E-state index is 12.8. The normalized spacial score (nSPS) is 15.5. The molecule has 0 radical (unpaired) electrons. The maximum atomic E-state index is 12.8. The van der Waals surface area contributed by atoms with Gasteiger partial charge in [0, 0.05) is 35.8 Å². The van der Waals surface area contributed by atoms with Crippen molar-refractivity contribution in [3.63, 3.8) is 0 Å². The second kappa shape index (κ2) is 7.74. The molecule has 0 saturated carbocycles. The molecule has 22 heavy (non-hydrogen) atoms. The number of aliphatic carboxylic acids is 1. The molecule has 1 aliphatic heterocycles. The van der Waals surface area contributed by atoms with Crippen LogP contribution in [0.5, 0.6) is 0 Å². The number of carbonyl (C=O) groups is 2. The molecule has 2 rings (SSSR count). The van der Waals surface area contributed by atoms with Crippen LogP contribution in [-0.4, -0.2) is 47.7 Å². The van der Waals surface area contributed by atoms with Gasteiger partial charge in [-0.1, -0.05) is 22.0 Å². The first-order valence-corrected chi connectivity index (χ1v) is 8.15. The van der Waals surface area contributed by atoms with E-state index in [1.54, 1.807) is 17.0 Å². The Hall–Kier alpha value is -1.40. The van der Waals surface area contributed by atoms with Gasteiger partial charge in [0.05, 0.1) is 6.42 Å². The van der Waals surface area contributed by atoms with Crippen molar-refractivity contribution in [1.82, 2.24) is 4.90 Å². The molecule has 0 aliphatic carbocycles. The van der Waals surface area contributed by atoms with E-state index >= 15 is 0 Å². The Morgan fingerprint density at radius 2 is 2.05 bits per heavy atom. The third-order valence-electron chi connectivity index (χ3n) is 3.88. The standard InChI is InChI=1S/C16H20BrNO4/c1-11-2-3-12(10-14(11)17)16(21)18(7-4-15(19)20)13-5-8-22-9-6-13/h2-3,10,13H,4-9H2,1H3,(H,19,20). The van der Waals surface area contributed by atoms with E-state index in [9.17, 15) is 9.59 Å². The Morgan fingerprint density at radius 1 is 1.36 bits per heavy atom. The minimum absolute atomic E-state index is 0.0423. The highest BCUT2D eigenvalue weighted by Gasteiger charge is 2.27. The number of amides is 1. The Balaban J connectivity index is 2.19. The van der Waals surface area contributed by atoms with Crippen LogP contribution in [0, 0.1) is 6.92 Å². The minimum Gasteiger partial charge on any atom is -0.481 e. The Bertz CT molecular complexity index is 555. The fourth-order valence-corrected chi connectivity index (χ4v) is 2.93. The van der Waals surface area contributed by atoms with E-state index in [0.717, 1.165) is 22.9 Å². The van der Waals surface area contributed by atoms with Crippen LogP contribution in [0.3, 0.4) is 0 Å². The number of benzene rings is 1. The number of hydrogen-bond donors (Lipinski definition) is 1. The summed E-state index contributed by atoms with van der Waals surface area (Å²) < 4.78 is 6.21. The number of carboxylic acid groups (broad SMARTS) is 1. The topological polar surface area (TPSA) is 66.8 Å². The fourth-order valence-electron chi connectivity index (χ4n) is 2.55. The molecular formula is C16H20BrNO4. The SMILES string of the molecule is Cc1ccc(C(=O)N(CCC(=O)O)C2CCOCC2)cc1Br. The fraction of sp³-hybridized carbons (Fsp3) is 0.500. The first kappa shape index (κ1) is 17.0. The van der Waals surface area contributed by atoms with E-state index in [4.69, 9.17) is 9.84 Å². The summed E-state index contributed by atoms with van der Waals surface area (Å²) in [5, 5.41) is 8.92. The summed E-state index contributed by atoms with van der Waals surface area (Å²) in [4.78, 5) is 25.4. The third kappa shape index (κ3) is 4.30. The van der Waals surface area contributed by atoms with Gasteiger partial charge in [-0.15, -0.1) is 0 Å². The molecule has 1 fully saturated rings. The zero-order valence-corrected chi connectivity index (χ0v) is 14.1. The van der Waals surface area contributed by atoms with Crippen molar-refractivity contribution < 1.29 is 19.4 Å². The highest BCUT2D eigenvalue weighted by Crippen LogP contribution is 2.22. The number of nitrogens with zero attached hydrogens (tertiary/aromatic N) is 1. The van der Waals surface area contributed by atoms with Crippen LogP contribution in [0.25, 0.3) is 0 Å². The molecule has 120 valence electrons. The van der Waals surface area contributed by atoms with Crippen molar-refractivity contribution in [3.05, 3.63) is 33.8 Å². The van der Waals surface area contributed by atoms with E-state index in [0.29, 0.717) is 18.8 Å². The first-order chi connectivity index (χ1) is 10.5. The second-order valence-corrected chi connectivity index (χ2v) is 6.30. The summed E-state index contributed by atoms with van der Waals surface area (Å²) in [6, 6.07) is 5.51. The molecule has 1 saturated heterocycles. The van der Waals surface area contributed by atoms with Gasteiger partial charge < -0.3 is 14.7 Å². The van der Waals surface area contributed by atoms with Crippen LogP contribution < -0.4 is 0 Å². The number of aryl methyl sites for hydroxylation is 1. The van der Waals surface area contributed by atoms with E-state index in [2.05, 4.69) is 15.9 Å². The molecule has 1 aromatic rings. The van der Waals surface area contributed by atoms with Gasteiger partial charge in [-0.2, -0.15) is 0 Å². The maximum Gasteiger partial charge on any atom is 0.305 e. The van der Waals surface area contributed by atoms with Gasteiger partial charge >= 0.3 is 5.97 Å². The lowest BCUT2D eigenvalue weighted by atomic mass is 10.0. The minimum atomic E-state index is -0.894. The number of carbonyl (C=O) groups excluding carboxylic acids is 1. The number of halogens is 1. The van der Waals surface area contributed by atoms with Crippen LogP contribution >= 0.6 is 15.9 Å². The predicted octanol–water partition coefficient (Wildman–Crippen LogP) is 2.85. The van der Waals surface area contributed by atoms with Crippen LogP contribution in [-0.2, 0) is 9.53 Å². The average molecular weight is 370 g/mol. The van der Waals surface area contributed by atoms with Gasteiger partial charge in [0.1, 0.15) is 0 Å². The molecule has 0 spiro atoms. The average Bonchev–Trinajstić information content (AvgIpc) is 2.51. The zero-order chi connectivity index (χ0) is 16.1. The smallest absolute Gasteiger partial charge is 0.305 e. The summed E-state index contributed by atoms with van der Waals surface area (Å²) >= 11 is 3.44. The summed E-state index contributed by atoms with van der Waals surface area (Å²) in [5.41, 5.74) is 1.63. The predicted molar refractivity (Wildman–Crippen MR) is 86.0 cm³/mol. The van der Waals surface area contributed by atoms with Gasteiger partial charge in [0.15, 0.2) is 0 Å². The summed E-state index contributed by atoms with van der Waals surface area (Å²) in [6.07, 6.45) is 1.45. The quantitative estimate of drug-likeness (QED) is 0.866. The molecule has 1 N–H and O–H groups in total. The summed E-state index contributed by atoms with van der Waals surface area (Å²) in [6.45, 7) is 3.40. The highest BCUT2D eigenvalue weighted by molar-refractivity contribution is 9.10. The highest BCUT2D eigenvalue weighted by atomic mass is 79.9. The van der Waals surface area contributed by atoms with Gasteiger partial charge in [0.25, 0.3) is 5.91 Å². The van der Waals surface area contributed by atoms with E-state index in [1.807, 2.05) is 13.0 Å². The third-order valence-corrected chi connectivity index (χ3v) is 4.73. The van der Waals surface area contributed by atoms with E-state index < -0.39 is 5.97 Å². The van der Waals surface area contributed by atoms with Crippen molar-refractivity contribution in [2.75, 3.05) is 19.8 Å². The number of ether oxygens (including phenoxy) is 1. The molecule has 1 heterocycles. The largest absolute Gasteiger partial charge is 0.481 e. The molecule has 6 heteroatoms. The van der Waals surface area contributed by atoms with Crippen LogP contribution in [0.1, 0.15) is 35.2 Å². The van der Waals surface area contributed by atoms with Crippen molar-refractivity contribution in [2.45, 2.75) is 32.2 Å². The molecule has 0 unspecified atom stereocenters. The molecule has 0 atom stereocenters. The summed E-state index contributed by atoms with van der Waals surface area (Å²) in [7, 11) is 0. The number of carboxylic acids is 1. The monoisotopic (exact) mass is 369 g/mol. The van der Waals surface area contributed by atoms with Gasteiger partial charge in [0.2, 0.25) is 0 Å². The van der Waals surface area contributed by atoms with E-state index in [-0.39, 0.29) is 24.9 Å². The molecular weight excluding hydrogens is 350 g/mol. The van der Waals surface area contributed by atoms with Crippen molar-refractivity contribution in [2.24, 2.45) is 0 Å². The summed E-state index contributed by atoms with van der Waals surface area (Å²) in [5.74, 6) is -1.01. The van der Waals surface area contributed by atoms with Crippen molar-refractivity contribution in [3.8, 4) is 0 Å². The Morgan fingerprint density at radius 3 is 2.64 bits per heavy atom. The lowest BCUT2D eigenvalue weighted by molar-refractivity contribution is -0.137. The van der Waals surface area contributed by atoms with Crippen molar-refractivity contribution in [1.29, 1.82) is 0 Å². The lowest BCUT2D eigenvalue weighted by Gasteiger charge is -2.34. The lowest BCUT2D eigenvalue weighted by Crippen LogP contribution is -2.44. The van der Waals surface area contributed by atoms with Crippen LogP contribution in [0.15, 0.2) is 22.7 Å². The molecule has 0 bridgehead atoms. The van der Waals surface area contributed by atoms with Gasteiger partial charge in [-0.05, 0) is 37.5 Å².